The van der Waals surface area contributed by atoms with E-state index in [-0.39, 0.29) is 80.3 Å². The van der Waals surface area contributed by atoms with Gasteiger partial charge < -0.3 is 29.7 Å². The van der Waals surface area contributed by atoms with Crippen molar-refractivity contribution in [2.45, 2.75) is 88.6 Å². The van der Waals surface area contributed by atoms with Crippen molar-refractivity contribution >= 4 is 40.7 Å². The van der Waals surface area contributed by atoms with Crippen molar-refractivity contribution in [3.05, 3.63) is 60.0 Å². The minimum absolute atomic E-state index is 0. The monoisotopic (exact) mass is 504 g/mol. The van der Waals surface area contributed by atoms with Crippen LogP contribution in [0.2, 0.25) is 13.1 Å². The quantitative estimate of drug-likeness (QED) is 0.218. The molecule has 1 aromatic carbocycles. The zero-order chi connectivity index (χ0) is 14.9. The number of hydrogen-bond acceptors (Lipinski definition) is 0. The predicted molar refractivity (Wildman–Crippen MR) is 140 cm³/mol. The molecule has 3 rings (SSSR count). The molecule has 0 bridgehead atoms. The Morgan fingerprint density at radius 2 is 1.00 bits per heavy atom. The second-order valence-electron chi connectivity index (χ2n) is 6.90. The van der Waals surface area contributed by atoms with E-state index in [0.29, 0.717) is 7.47 Å². The van der Waals surface area contributed by atoms with Gasteiger partial charge in [-0.25, -0.2) is 12.1 Å². The fraction of sp³-hybridized carbons (Fsp3) is 0.609. The van der Waals surface area contributed by atoms with Crippen LogP contribution in [0.3, 0.4) is 0 Å². The summed E-state index contributed by atoms with van der Waals surface area (Å²) in [6.07, 6.45) is 15.6. The Labute approximate surface area is 206 Å². The molecule has 168 valence electrons. The minimum atomic E-state index is -0.00595. The van der Waals surface area contributed by atoms with Gasteiger partial charge in [0.1, 0.15) is 0 Å². The molecule has 0 amide bonds. The first-order valence-electron chi connectivity index (χ1n) is 9.04. The van der Waals surface area contributed by atoms with Crippen molar-refractivity contribution in [1.29, 1.82) is 0 Å². The van der Waals surface area contributed by atoms with Crippen LogP contribution in [0.25, 0.3) is 0 Å². The summed E-state index contributed by atoms with van der Waals surface area (Å²) in [6, 6.07) is 10.0. The van der Waals surface area contributed by atoms with Crippen LogP contribution >= 0.6 is 32.3 Å². The van der Waals surface area contributed by atoms with E-state index < -0.39 is 0 Å². The first-order chi connectivity index (χ1) is 10.3. The van der Waals surface area contributed by atoms with Gasteiger partial charge in [-0.15, -0.1) is 32.3 Å². The first-order valence-corrected chi connectivity index (χ1v) is 13.9. The molecule has 2 saturated carbocycles. The van der Waals surface area contributed by atoms with Crippen molar-refractivity contribution in [1.82, 2.24) is 0 Å². The molecule has 0 unspecified atom stereocenters. The van der Waals surface area contributed by atoms with Crippen molar-refractivity contribution in [2.24, 2.45) is 0 Å². The van der Waals surface area contributed by atoms with E-state index in [2.05, 4.69) is 13.1 Å². The van der Waals surface area contributed by atoms with Crippen LogP contribution in [0.5, 0.6) is 0 Å². The van der Waals surface area contributed by atoms with E-state index in [9.17, 15) is 0 Å². The average Bonchev–Trinajstić information content (AvgIpc) is 3.09. The molecule has 0 nitrogen and oxygen atoms in total. The molecule has 0 aromatic heterocycles. The van der Waals surface area contributed by atoms with Gasteiger partial charge in [-0.1, -0.05) is 51.6 Å². The normalized spacial score (nSPS) is 16.0. The van der Waals surface area contributed by atoms with Gasteiger partial charge in [-0.05, 0) is 37.0 Å². The molecular weight excluding hydrogens is 458 g/mol. The van der Waals surface area contributed by atoms with E-state index in [1.165, 1.54) is 24.2 Å². The molecule has 0 saturated heterocycles. The molecule has 2 aliphatic rings. The van der Waals surface area contributed by atoms with Crippen LogP contribution in [0.4, 0.5) is 0 Å². The summed E-state index contributed by atoms with van der Waals surface area (Å²) in [5.74, 6) is 0. The van der Waals surface area contributed by atoms with Gasteiger partial charge in [0.05, 0.1) is 8.46 Å². The summed E-state index contributed by atoms with van der Waals surface area (Å²) in [4.78, 5) is 0. The molecule has 1 aromatic rings. The molecule has 5 heteroatoms. The molecule has 2 fully saturated rings. The Hall–Kier alpha value is 1.11. The molecule has 2 aliphatic carbocycles. The van der Waals surface area contributed by atoms with Crippen molar-refractivity contribution < 1.29 is 17.4 Å². The van der Waals surface area contributed by atoms with Crippen molar-refractivity contribution in [2.75, 3.05) is 0 Å². The van der Waals surface area contributed by atoms with Gasteiger partial charge in [-0.2, -0.15) is 18.2 Å². The van der Waals surface area contributed by atoms with Gasteiger partial charge in [0, 0.05) is 0 Å². The molecule has 0 N–H and O–H groups in total. The molecule has 0 spiro atoms. The zero-order valence-corrected chi connectivity index (χ0v) is 24.1. The molecule has 0 heterocycles. The predicted octanol–water partition coefficient (Wildman–Crippen LogP) is 9.43. The Bertz CT molecular complexity index is 316. The Kier molecular flexibility index (Phi) is 40.2. The van der Waals surface area contributed by atoms with Gasteiger partial charge in [-0.3, -0.25) is 0 Å². The van der Waals surface area contributed by atoms with E-state index in [1.54, 1.807) is 51.4 Å². The van der Waals surface area contributed by atoms with Crippen LogP contribution in [0, 0.1) is 29.7 Å². The van der Waals surface area contributed by atoms with E-state index in [4.69, 9.17) is 0 Å². The minimum Gasteiger partial charge on any atom is -0.358 e. The summed E-state index contributed by atoms with van der Waals surface area (Å²) in [7, 11) is 0.440. The average molecular weight is 506 g/mol. The standard InChI is InChI=1S/C14H28PSi.C5H5.4CH3.2ClH.Cr/c1-16(2)15(13-9-5-3-6-10-13)14-11-7-4-8-12-14;1-2-4-5-3-1;;;;;;;/h13-14H,3-12H2,1-2H3;1-5H;4*1H3;2*1H;/q;5*-1;;;+5. The second kappa shape index (κ2) is 26.1. The summed E-state index contributed by atoms with van der Waals surface area (Å²) in [5, 5.41) is 0. The topological polar surface area (TPSA) is 0 Å². The second-order valence-corrected chi connectivity index (χ2v) is 15.3. The van der Waals surface area contributed by atoms with Crippen LogP contribution in [-0.4, -0.2) is 19.8 Å². The third kappa shape index (κ3) is 15.9. The molecule has 0 aliphatic heterocycles. The summed E-state index contributed by atoms with van der Waals surface area (Å²) in [5.41, 5.74) is 2.38. The molecule has 2 radical (unpaired) electrons. The fourth-order valence-electron chi connectivity index (χ4n) is 4.07. The molecule has 0 atom stereocenters. The maximum atomic E-state index is 2.61. The smallest absolute Gasteiger partial charge is 0.358 e. The first kappa shape index (κ1) is 43.1. The van der Waals surface area contributed by atoms with Crippen LogP contribution in [0.15, 0.2) is 30.3 Å². The summed E-state index contributed by atoms with van der Waals surface area (Å²) >= 11 is 0. The van der Waals surface area contributed by atoms with E-state index >= 15 is 0 Å². The zero-order valence-electron chi connectivity index (χ0n) is 19.3. The third-order valence-electron chi connectivity index (χ3n) is 5.01. The fourth-order valence-corrected chi connectivity index (χ4v) is 13.9. The van der Waals surface area contributed by atoms with Gasteiger partial charge in [0.15, 0.2) is 0 Å². The Balaban J connectivity index is -0.0000000899. The molecular formula is C23H47Cl2CrPSi. The van der Waals surface area contributed by atoms with E-state index in [0.717, 1.165) is 0 Å². The third-order valence-corrected chi connectivity index (χ3v) is 13.9. The van der Waals surface area contributed by atoms with Gasteiger partial charge in [0.25, 0.3) is 0 Å². The maximum Gasteiger partial charge on any atom is 5.00 e. The van der Waals surface area contributed by atoms with Crippen LogP contribution in [-0.2, 0) is 17.4 Å². The van der Waals surface area contributed by atoms with Crippen LogP contribution < -0.4 is 0 Å². The largest absolute Gasteiger partial charge is 5.00 e. The molecule has 28 heavy (non-hydrogen) atoms. The van der Waals surface area contributed by atoms with Crippen molar-refractivity contribution in [3.8, 4) is 0 Å². The Morgan fingerprint density at radius 3 is 1.21 bits per heavy atom. The van der Waals surface area contributed by atoms with E-state index in [1.807, 2.05) is 30.3 Å². The summed E-state index contributed by atoms with van der Waals surface area (Å²) < 4.78 is 0. The summed E-state index contributed by atoms with van der Waals surface area (Å²) in [6.45, 7) is 5.22. The number of hydrogen-bond donors (Lipinski definition) is 0. The van der Waals surface area contributed by atoms with Crippen molar-refractivity contribution in [3.63, 3.8) is 0 Å². The van der Waals surface area contributed by atoms with Gasteiger partial charge >= 0.3 is 17.4 Å². The number of rotatable bonds is 3. The van der Waals surface area contributed by atoms with Crippen LogP contribution in [0.1, 0.15) is 64.2 Å². The van der Waals surface area contributed by atoms with Gasteiger partial charge in [0.2, 0.25) is 0 Å². The SMILES string of the molecule is C[Si](C)P(C1CCCCC1)C1CCCCC1.Cl.Cl.[CH3-].[CH3-].[CH3-].[CH3-].[Cr+5].c1cc[cH-]c1. The Morgan fingerprint density at radius 1 is 0.679 bits per heavy atom. The maximum absolute atomic E-state index is 2.61. The number of halogens is 2.